The molecule has 0 aromatic heterocycles. The van der Waals surface area contributed by atoms with E-state index < -0.39 is 0 Å². The van der Waals surface area contributed by atoms with Crippen molar-refractivity contribution in [1.82, 2.24) is 5.32 Å². The molecule has 1 aromatic rings. The van der Waals surface area contributed by atoms with Crippen molar-refractivity contribution in [2.24, 2.45) is 5.92 Å². The minimum atomic E-state index is -0.318. The summed E-state index contributed by atoms with van der Waals surface area (Å²) in [6, 6.07) is 4.63. The van der Waals surface area contributed by atoms with Crippen molar-refractivity contribution in [2.75, 3.05) is 5.32 Å². The number of halogens is 2. The van der Waals surface area contributed by atoms with E-state index in [1.807, 2.05) is 0 Å². The Kier molecular flexibility index (Phi) is 5.74. The molecule has 2 N–H and O–H groups in total. The van der Waals surface area contributed by atoms with Gasteiger partial charge >= 0.3 is 6.03 Å². The maximum Gasteiger partial charge on any atom is 0.323 e. The van der Waals surface area contributed by atoms with Gasteiger partial charge in [0.05, 0.1) is 10.7 Å². The molecule has 108 valence electrons. The van der Waals surface area contributed by atoms with Gasteiger partial charge in [0.2, 0.25) is 0 Å². The number of hydrogen-bond acceptors (Lipinski definition) is 1. The molecule has 1 aliphatic carbocycles. The third kappa shape index (κ3) is 4.73. The summed E-state index contributed by atoms with van der Waals surface area (Å²) in [7, 11) is 0. The fourth-order valence-electron chi connectivity index (χ4n) is 2.34. The van der Waals surface area contributed by atoms with Gasteiger partial charge in [0.1, 0.15) is 0 Å². The van der Waals surface area contributed by atoms with Gasteiger partial charge in [0, 0.05) is 11.2 Å². The Balaban J connectivity index is 1.82. The lowest BCUT2D eigenvalue weighted by Crippen LogP contribution is -2.24. The third-order valence-corrected chi connectivity index (χ3v) is 3.97. The Morgan fingerprint density at radius 3 is 2.70 bits per heavy atom. The normalized spacial score (nSPS) is 16.3. The molecule has 0 heterocycles. The monoisotopic (exact) mass is 312 g/mol. The molecular weight excluding hydrogens is 295 g/mol. The Bertz CT molecular complexity index is 497. The smallest absolute Gasteiger partial charge is 0.315 e. The second kappa shape index (κ2) is 7.55. The van der Waals surface area contributed by atoms with Crippen LogP contribution >= 0.6 is 23.2 Å². The van der Waals surface area contributed by atoms with Crippen molar-refractivity contribution in [3.05, 3.63) is 40.5 Å². The first-order valence-corrected chi connectivity index (χ1v) is 7.60. The number of urea groups is 1. The van der Waals surface area contributed by atoms with Gasteiger partial charge in [-0.15, -0.1) is 0 Å². The average molecular weight is 313 g/mol. The summed E-state index contributed by atoms with van der Waals surface area (Å²) in [4.78, 5) is 11.7. The molecule has 0 radical (unpaired) electrons. The summed E-state index contributed by atoms with van der Waals surface area (Å²) in [5, 5.41) is 6.35. The number of amides is 2. The number of nitrogens with one attached hydrogen (secondary N) is 2. The van der Waals surface area contributed by atoms with Crippen molar-refractivity contribution >= 4 is 34.9 Å². The first-order chi connectivity index (χ1) is 9.65. The van der Waals surface area contributed by atoms with E-state index in [2.05, 4.69) is 16.7 Å². The maximum absolute atomic E-state index is 11.7. The number of anilines is 1. The van der Waals surface area contributed by atoms with Gasteiger partial charge in [-0.25, -0.2) is 4.79 Å². The van der Waals surface area contributed by atoms with E-state index in [9.17, 15) is 4.79 Å². The average Bonchev–Trinajstić information content (AvgIpc) is 2.44. The van der Waals surface area contributed by atoms with Crippen LogP contribution in [0.3, 0.4) is 0 Å². The van der Waals surface area contributed by atoms with Gasteiger partial charge in [0.25, 0.3) is 0 Å². The van der Waals surface area contributed by atoms with Crippen LogP contribution in [0.4, 0.5) is 10.5 Å². The van der Waals surface area contributed by atoms with Gasteiger partial charge in [-0.1, -0.05) is 48.5 Å². The lowest BCUT2D eigenvalue weighted by molar-refractivity contribution is 0.255. The molecule has 0 unspecified atom stereocenters. The van der Waals surface area contributed by atoms with Crippen LogP contribution in [-0.4, -0.2) is 6.03 Å². The Hall–Kier alpha value is -1.19. The fraction of sp³-hybridized carbons (Fsp3) is 0.400. The molecule has 0 spiro atoms. The summed E-state index contributed by atoms with van der Waals surface area (Å²) in [5.41, 5.74) is 0.503. The highest BCUT2D eigenvalue weighted by Crippen LogP contribution is 2.25. The lowest BCUT2D eigenvalue weighted by Gasteiger charge is -2.17. The van der Waals surface area contributed by atoms with E-state index in [0.29, 0.717) is 21.7 Å². The molecule has 1 aliphatic rings. The molecule has 1 saturated carbocycles. The maximum atomic E-state index is 11.7. The van der Waals surface area contributed by atoms with Crippen molar-refractivity contribution < 1.29 is 4.79 Å². The molecule has 1 fully saturated rings. The first-order valence-electron chi connectivity index (χ1n) is 6.84. The predicted molar refractivity (Wildman–Crippen MR) is 84.3 cm³/mol. The molecule has 0 aliphatic heterocycles. The zero-order valence-corrected chi connectivity index (χ0v) is 12.7. The quantitative estimate of drug-likeness (QED) is 0.790. The van der Waals surface area contributed by atoms with E-state index in [0.717, 1.165) is 0 Å². The molecule has 5 heteroatoms. The molecular formula is C15H18Cl2N2O. The Labute approximate surface area is 129 Å². The van der Waals surface area contributed by atoms with E-state index in [1.54, 1.807) is 24.4 Å². The zero-order valence-electron chi connectivity index (χ0n) is 11.2. The van der Waals surface area contributed by atoms with Gasteiger partial charge in [-0.05, 0) is 37.0 Å². The number of rotatable bonds is 3. The third-order valence-electron chi connectivity index (χ3n) is 3.41. The zero-order chi connectivity index (χ0) is 14.4. The van der Waals surface area contributed by atoms with Crippen molar-refractivity contribution in [1.29, 1.82) is 0 Å². The molecule has 20 heavy (non-hydrogen) atoms. The SMILES string of the molecule is O=C(N/C=C/C1CCCCC1)Nc1cc(Cl)ccc1Cl. The van der Waals surface area contributed by atoms with Crippen molar-refractivity contribution in [3.63, 3.8) is 0 Å². The number of carbonyl (C=O) groups excluding carboxylic acids is 1. The fourth-order valence-corrected chi connectivity index (χ4v) is 2.68. The topological polar surface area (TPSA) is 41.1 Å². The molecule has 0 saturated heterocycles. The Morgan fingerprint density at radius 2 is 1.95 bits per heavy atom. The molecule has 2 amide bonds. The standard InChI is InChI=1S/C15H18Cl2N2O/c16-12-6-7-13(17)14(10-12)19-15(20)18-9-8-11-4-2-1-3-5-11/h6-11H,1-5H2,(H2,18,19,20)/b9-8+. The van der Waals surface area contributed by atoms with Crippen LogP contribution in [0.2, 0.25) is 10.0 Å². The minimum Gasteiger partial charge on any atom is -0.315 e. The predicted octanol–water partition coefficient (Wildman–Crippen LogP) is 5.21. The van der Waals surface area contributed by atoms with Crippen LogP contribution in [0, 0.1) is 5.92 Å². The number of benzene rings is 1. The van der Waals surface area contributed by atoms with Gasteiger partial charge in [-0.3, -0.25) is 0 Å². The molecule has 3 nitrogen and oxygen atoms in total. The molecule has 2 rings (SSSR count). The summed E-state index contributed by atoms with van der Waals surface area (Å²) >= 11 is 11.8. The first kappa shape index (κ1) is 15.2. The second-order valence-corrected chi connectivity index (χ2v) is 5.82. The van der Waals surface area contributed by atoms with Gasteiger partial charge in [0.15, 0.2) is 0 Å². The number of carbonyl (C=O) groups is 1. The van der Waals surface area contributed by atoms with Crippen LogP contribution in [0.1, 0.15) is 32.1 Å². The van der Waals surface area contributed by atoms with Crippen LogP contribution in [0.25, 0.3) is 0 Å². The Morgan fingerprint density at radius 1 is 1.20 bits per heavy atom. The largest absolute Gasteiger partial charge is 0.323 e. The van der Waals surface area contributed by atoms with Crippen LogP contribution < -0.4 is 10.6 Å². The number of hydrogen-bond donors (Lipinski definition) is 2. The molecule has 1 aromatic carbocycles. The highest BCUT2D eigenvalue weighted by atomic mass is 35.5. The lowest BCUT2D eigenvalue weighted by atomic mass is 9.89. The van der Waals surface area contributed by atoms with Gasteiger partial charge in [-0.2, -0.15) is 0 Å². The summed E-state index contributed by atoms with van der Waals surface area (Å²) < 4.78 is 0. The summed E-state index contributed by atoms with van der Waals surface area (Å²) in [5.74, 6) is 0.582. The van der Waals surface area contributed by atoms with Crippen LogP contribution in [0.15, 0.2) is 30.5 Å². The van der Waals surface area contributed by atoms with E-state index in [-0.39, 0.29) is 6.03 Å². The van der Waals surface area contributed by atoms with Crippen molar-refractivity contribution in [2.45, 2.75) is 32.1 Å². The van der Waals surface area contributed by atoms with E-state index >= 15 is 0 Å². The van der Waals surface area contributed by atoms with Crippen LogP contribution in [0.5, 0.6) is 0 Å². The summed E-state index contributed by atoms with van der Waals surface area (Å²) in [6.07, 6.45) is 10.1. The second-order valence-electron chi connectivity index (χ2n) is 4.98. The highest BCUT2D eigenvalue weighted by molar-refractivity contribution is 6.35. The minimum absolute atomic E-state index is 0.318. The number of allylic oxidation sites excluding steroid dienone is 1. The van der Waals surface area contributed by atoms with E-state index in [1.165, 1.54) is 32.1 Å². The van der Waals surface area contributed by atoms with Crippen molar-refractivity contribution in [3.8, 4) is 0 Å². The van der Waals surface area contributed by atoms with E-state index in [4.69, 9.17) is 23.2 Å². The van der Waals surface area contributed by atoms with Crippen LogP contribution in [-0.2, 0) is 0 Å². The summed E-state index contributed by atoms with van der Waals surface area (Å²) in [6.45, 7) is 0. The highest BCUT2D eigenvalue weighted by Gasteiger charge is 2.10. The molecule has 0 bridgehead atoms. The van der Waals surface area contributed by atoms with Gasteiger partial charge < -0.3 is 10.6 Å². The molecule has 0 atom stereocenters.